The van der Waals surface area contributed by atoms with Crippen LogP contribution in [0.1, 0.15) is 90.5 Å². The Morgan fingerprint density at radius 2 is 1.81 bits per heavy atom. The predicted molar refractivity (Wildman–Crippen MR) is 151 cm³/mol. The number of anilines is 1. The standard InChI is InChI=1S/C28H39N3O4S2/c1-17(2)34-26(32)30-19-11-9-18(10-12-19)25-29-16-24(37-25)22-14-13-20(31-27(33)35-28(3,4)5)15-23(22)36-21-7-6-8-21/h13-19,21H,6-12H2,1-5H3,(H,30,32)(H,31,33)/t18-,19-. The molecule has 37 heavy (non-hydrogen) atoms. The molecule has 4 rings (SSSR count). The minimum atomic E-state index is -0.542. The van der Waals surface area contributed by atoms with Gasteiger partial charge in [0, 0.05) is 39.6 Å². The molecule has 0 aliphatic heterocycles. The molecule has 2 amide bonds. The summed E-state index contributed by atoms with van der Waals surface area (Å²) in [7, 11) is 0. The molecule has 0 bridgehead atoms. The summed E-state index contributed by atoms with van der Waals surface area (Å²) in [5, 5.41) is 7.67. The third kappa shape index (κ3) is 8.11. The van der Waals surface area contributed by atoms with Gasteiger partial charge in [-0.1, -0.05) is 12.5 Å². The summed E-state index contributed by atoms with van der Waals surface area (Å²) < 4.78 is 10.7. The van der Waals surface area contributed by atoms with Crippen molar-refractivity contribution < 1.29 is 19.1 Å². The second kappa shape index (κ2) is 12.1. The van der Waals surface area contributed by atoms with Crippen molar-refractivity contribution in [1.82, 2.24) is 10.3 Å². The number of rotatable bonds is 7. The predicted octanol–water partition coefficient (Wildman–Crippen LogP) is 7.96. The molecule has 0 unspecified atom stereocenters. The molecule has 7 nitrogen and oxygen atoms in total. The van der Waals surface area contributed by atoms with E-state index in [1.165, 1.54) is 29.7 Å². The lowest BCUT2D eigenvalue weighted by Crippen LogP contribution is -2.38. The maximum absolute atomic E-state index is 12.3. The van der Waals surface area contributed by atoms with E-state index < -0.39 is 11.7 Å². The molecule has 2 aromatic rings. The topological polar surface area (TPSA) is 89.5 Å². The molecule has 0 saturated heterocycles. The quantitative estimate of drug-likeness (QED) is 0.367. The van der Waals surface area contributed by atoms with E-state index in [1.54, 1.807) is 11.3 Å². The SMILES string of the molecule is CC(C)OC(=O)N[C@H]1CC[C@H](c2ncc(-c3ccc(NC(=O)OC(C)(C)C)cc3SC3CCC3)s2)CC1. The lowest BCUT2D eigenvalue weighted by Gasteiger charge is -2.28. The number of nitrogens with one attached hydrogen (secondary N) is 2. The Kier molecular flexibility index (Phi) is 9.06. The van der Waals surface area contributed by atoms with E-state index in [0.717, 1.165) is 41.3 Å². The first kappa shape index (κ1) is 27.8. The highest BCUT2D eigenvalue weighted by molar-refractivity contribution is 8.00. The number of carbonyl (C=O) groups is 2. The van der Waals surface area contributed by atoms with E-state index in [9.17, 15) is 9.59 Å². The first-order chi connectivity index (χ1) is 17.6. The van der Waals surface area contributed by atoms with Gasteiger partial charge in [-0.05, 0) is 85.3 Å². The smallest absolute Gasteiger partial charge is 0.412 e. The Bertz CT molecular complexity index is 1080. The molecule has 2 N–H and O–H groups in total. The molecule has 2 aliphatic rings. The van der Waals surface area contributed by atoms with Crippen molar-refractivity contribution in [3.63, 3.8) is 0 Å². The van der Waals surface area contributed by atoms with Gasteiger partial charge in [-0.2, -0.15) is 0 Å². The number of ether oxygens (including phenoxy) is 2. The molecule has 2 aliphatic carbocycles. The normalized spacial score (nSPS) is 20.3. The van der Waals surface area contributed by atoms with Gasteiger partial charge in [0.25, 0.3) is 0 Å². The van der Waals surface area contributed by atoms with Crippen molar-refractivity contribution >= 4 is 41.0 Å². The highest BCUT2D eigenvalue weighted by Gasteiger charge is 2.27. The Morgan fingerprint density at radius 3 is 2.43 bits per heavy atom. The van der Waals surface area contributed by atoms with E-state index in [-0.39, 0.29) is 18.2 Å². The number of benzene rings is 1. The molecule has 2 fully saturated rings. The van der Waals surface area contributed by atoms with Gasteiger partial charge in [-0.15, -0.1) is 23.1 Å². The van der Waals surface area contributed by atoms with Gasteiger partial charge in [0.15, 0.2) is 0 Å². The fraction of sp³-hybridized carbons (Fsp3) is 0.607. The van der Waals surface area contributed by atoms with Crippen LogP contribution in [0, 0.1) is 0 Å². The average molecular weight is 546 g/mol. The fourth-order valence-corrected chi connectivity index (χ4v) is 7.11. The lowest BCUT2D eigenvalue weighted by atomic mass is 9.86. The van der Waals surface area contributed by atoms with Crippen molar-refractivity contribution in [2.24, 2.45) is 0 Å². The van der Waals surface area contributed by atoms with Crippen LogP contribution < -0.4 is 10.6 Å². The minimum Gasteiger partial charge on any atom is -0.447 e. The van der Waals surface area contributed by atoms with Gasteiger partial charge in [0.2, 0.25) is 0 Å². The summed E-state index contributed by atoms with van der Waals surface area (Å²) in [6.45, 7) is 9.30. The third-order valence-corrected chi connectivity index (χ3v) is 9.09. The summed E-state index contributed by atoms with van der Waals surface area (Å²) in [5.41, 5.74) is 1.37. The van der Waals surface area contributed by atoms with Crippen LogP contribution >= 0.6 is 23.1 Å². The van der Waals surface area contributed by atoms with Crippen LogP contribution in [0.3, 0.4) is 0 Å². The van der Waals surface area contributed by atoms with Crippen LogP contribution in [0.2, 0.25) is 0 Å². The molecule has 1 heterocycles. The van der Waals surface area contributed by atoms with Gasteiger partial charge < -0.3 is 14.8 Å². The molecule has 202 valence electrons. The first-order valence-corrected chi connectivity index (χ1v) is 15.0. The summed E-state index contributed by atoms with van der Waals surface area (Å²) >= 11 is 3.66. The zero-order valence-corrected chi connectivity index (χ0v) is 24.1. The number of aromatic nitrogens is 1. The number of thioether (sulfide) groups is 1. The Hall–Kier alpha value is -2.26. The Labute approximate surface area is 228 Å². The third-order valence-electron chi connectivity index (χ3n) is 6.50. The number of carbonyl (C=O) groups excluding carboxylic acids is 2. The van der Waals surface area contributed by atoms with Gasteiger partial charge in [0.1, 0.15) is 5.60 Å². The van der Waals surface area contributed by atoms with Crippen LogP contribution in [0.25, 0.3) is 10.4 Å². The number of amides is 2. The molecule has 0 radical (unpaired) electrons. The number of thiazole rings is 1. The zero-order chi connectivity index (χ0) is 26.6. The molecular formula is C28H39N3O4S2. The van der Waals surface area contributed by atoms with Crippen LogP contribution in [0.4, 0.5) is 15.3 Å². The summed E-state index contributed by atoms with van der Waals surface area (Å²) in [6.07, 6.45) is 8.71. The Balaban J connectivity index is 1.43. The van der Waals surface area contributed by atoms with E-state index in [2.05, 4.69) is 22.8 Å². The number of nitrogens with zero attached hydrogens (tertiary/aromatic N) is 1. The van der Waals surface area contributed by atoms with E-state index in [0.29, 0.717) is 11.2 Å². The highest BCUT2D eigenvalue weighted by Crippen LogP contribution is 2.44. The maximum atomic E-state index is 12.3. The molecule has 9 heteroatoms. The van der Waals surface area contributed by atoms with Gasteiger partial charge >= 0.3 is 12.2 Å². The van der Waals surface area contributed by atoms with Crippen molar-refractivity contribution in [3.05, 3.63) is 29.4 Å². The highest BCUT2D eigenvalue weighted by atomic mass is 32.2. The van der Waals surface area contributed by atoms with Crippen LogP contribution in [-0.4, -0.2) is 40.2 Å². The first-order valence-electron chi connectivity index (χ1n) is 13.3. The van der Waals surface area contributed by atoms with E-state index in [4.69, 9.17) is 14.5 Å². The molecule has 0 spiro atoms. The summed E-state index contributed by atoms with van der Waals surface area (Å²) in [4.78, 5) is 31.4. The summed E-state index contributed by atoms with van der Waals surface area (Å²) in [6, 6.07) is 6.26. The second-order valence-corrected chi connectivity index (χ2v) is 13.6. The van der Waals surface area contributed by atoms with Gasteiger partial charge in [0.05, 0.1) is 16.0 Å². The minimum absolute atomic E-state index is 0.111. The van der Waals surface area contributed by atoms with Crippen molar-refractivity contribution in [1.29, 1.82) is 0 Å². The molecule has 1 aromatic heterocycles. The largest absolute Gasteiger partial charge is 0.447 e. The van der Waals surface area contributed by atoms with Crippen LogP contribution in [0.5, 0.6) is 0 Å². The molecule has 0 atom stereocenters. The summed E-state index contributed by atoms with van der Waals surface area (Å²) in [5.74, 6) is 0.411. The van der Waals surface area contributed by atoms with E-state index in [1.807, 2.05) is 58.6 Å². The van der Waals surface area contributed by atoms with Gasteiger partial charge in [-0.3, -0.25) is 5.32 Å². The van der Waals surface area contributed by atoms with Gasteiger partial charge in [-0.25, -0.2) is 14.6 Å². The lowest BCUT2D eigenvalue weighted by molar-refractivity contribution is 0.0635. The van der Waals surface area contributed by atoms with Crippen LogP contribution in [-0.2, 0) is 9.47 Å². The number of hydrogen-bond acceptors (Lipinski definition) is 7. The van der Waals surface area contributed by atoms with E-state index >= 15 is 0 Å². The second-order valence-electron chi connectivity index (χ2n) is 11.2. The zero-order valence-electron chi connectivity index (χ0n) is 22.5. The van der Waals surface area contributed by atoms with Crippen molar-refractivity contribution in [3.8, 4) is 10.4 Å². The monoisotopic (exact) mass is 545 g/mol. The molecular weight excluding hydrogens is 506 g/mol. The number of alkyl carbamates (subject to hydrolysis) is 1. The Morgan fingerprint density at radius 1 is 1.08 bits per heavy atom. The van der Waals surface area contributed by atoms with Crippen molar-refractivity contribution in [2.75, 3.05) is 5.32 Å². The molecule has 2 saturated carbocycles. The number of hydrogen-bond donors (Lipinski definition) is 2. The van der Waals surface area contributed by atoms with Crippen LogP contribution in [0.15, 0.2) is 29.3 Å². The fourth-order valence-electron chi connectivity index (χ4n) is 4.49. The average Bonchev–Trinajstić information content (AvgIpc) is 3.25. The van der Waals surface area contributed by atoms with Crippen molar-refractivity contribution in [2.45, 2.75) is 113 Å². The molecule has 1 aromatic carbocycles. The maximum Gasteiger partial charge on any atom is 0.412 e.